The molecule has 0 bridgehead atoms. The molecule has 1 aromatic heterocycles. The minimum Gasteiger partial charge on any atom is -0.478 e. The smallest absolute Gasteiger partial charge is 0.404 e. The Hall–Kier alpha value is -3.12. The third-order valence-electron chi connectivity index (χ3n) is 5.65. The summed E-state index contributed by atoms with van der Waals surface area (Å²) >= 11 is 3.01. The molecule has 1 unspecified atom stereocenters. The number of hydrogen-bond acceptors (Lipinski definition) is 6. The molecule has 10 nitrogen and oxygen atoms in total. The third kappa shape index (κ3) is 6.55. The highest BCUT2D eigenvalue weighted by Crippen LogP contribution is 2.64. The molecule has 0 radical (unpaired) electrons. The zero-order valence-electron chi connectivity index (χ0n) is 21.4. The van der Waals surface area contributed by atoms with Crippen molar-refractivity contribution in [1.82, 2.24) is 9.13 Å². The maximum atomic E-state index is 15.0. The van der Waals surface area contributed by atoms with Crippen LogP contribution in [0.3, 0.4) is 0 Å². The first-order valence-corrected chi connectivity index (χ1v) is 13.7. The standard InChI is InChI=1S/C25H26BrF2N2O8P/c1-24(2,3)22(33)37-14-38-39(35,36)25(27,28)18-10-5-15(11-19(18)26)12-30-20(13-29(4)23(30)34)16-6-8-17(9-7-16)21(31)32/h5-11,13H,12,14H2,1-4H3,(H,31,32)(H,35,36). The van der Waals surface area contributed by atoms with Gasteiger partial charge in [-0.25, -0.2) is 9.59 Å². The van der Waals surface area contributed by atoms with Crippen LogP contribution in [0.15, 0.2) is 57.9 Å². The molecule has 0 aliphatic carbocycles. The summed E-state index contributed by atoms with van der Waals surface area (Å²) in [4.78, 5) is 45.7. The minimum atomic E-state index is -5.64. The summed E-state index contributed by atoms with van der Waals surface area (Å²) < 4.78 is 54.0. The average molecular weight is 631 g/mol. The first kappa shape index (κ1) is 30.4. The first-order chi connectivity index (χ1) is 18.0. The number of carbonyl (C=O) groups is 2. The van der Waals surface area contributed by atoms with Gasteiger partial charge >= 0.3 is 30.9 Å². The normalized spacial score (nSPS) is 13.6. The average Bonchev–Trinajstić information content (AvgIpc) is 3.11. The molecule has 0 spiro atoms. The molecule has 39 heavy (non-hydrogen) atoms. The molecule has 1 atom stereocenters. The van der Waals surface area contributed by atoms with Crippen LogP contribution in [0.4, 0.5) is 8.78 Å². The lowest BCUT2D eigenvalue weighted by molar-refractivity contribution is -0.160. The fourth-order valence-electron chi connectivity index (χ4n) is 3.45. The molecule has 1 heterocycles. The largest absolute Gasteiger partial charge is 0.478 e. The number of carboxylic acids is 1. The van der Waals surface area contributed by atoms with E-state index in [1.807, 2.05) is 0 Å². The van der Waals surface area contributed by atoms with E-state index >= 15 is 8.78 Å². The van der Waals surface area contributed by atoms with E-state index in [0.29, 0.717) is 16.8 Å². The molecule has 3 rings (SSSR count). The van der Waals surface area contributed by atoms with Crippen molar-refractivity contribution >= 4 is 35.5 Å². The second kappa shape index (κ2) is 11.2. The summed E-state index contributed by atoms with van der Waals surface area (Å²) in [5.74, 6) is -1.90. The number of halogens is 3. The second-order valence-electron chi connectivity index (χ2n) is 9.68. The molecule has 0 aliphatic rings. The maximum Gasteiger partial charge on any atom is 0.404 e. The number of rotatable bonds is 9. The van der Waals surface area contributed by atoms with Gasteiger partial charge < -0.3 is 19.3 Å². The molecule has 0 fully saturated rings. The predicted molar refractivity (Wildman–Crippen MR) is 141 cm³/mol. The quantitative estimate of drug-likeness (QED) is 0.188. The van der Waals surface area contributed by atoms with Crippen molar-refractivity contribution < 1.29 is 42.2 Å². The van der Waals surface area contributed by atoms with Gasteiger partial charge in [0.1, 0.15) is 0 Å². The highest BCUT2D eigenvalue weighted by molar-refractivity contribution is 9.10. The van der Waals surface area contributed by atoms with Gasteiger partial charge in [0.25, 0.3) is 0 Å². The number of esters is 1. The third-order valence-corrected chi connectivity index (χ3v) is 7.71. The Morgan fingerprint density at radius 2 is 1.72 bits per heavy atom. The summed E-state index contributed by atoms with van der Waals surface area (Å²) in [6.45, 7) is 3.37. The number of carbonyl (C=O) groups excluding carboxylic acids is 1. The van der Waals surface area contributed by atoms with Gasteiger partial charge in [-0.05, 0) is 50.1 Å². The van der Waals surface area contributed by atoms with Gasteiger partial charge in [-0.1, -0.05) is 40.2 Å². The first-order valence-electron chi connectivity index (χ1n) is 11.4. The Balaban J connectivity index is 1.85. The van der Waals surface area contributed by atoms with E-state index in [1.54, 1.807) is 18.3 Å². The van der Waals surface area contributed by atoms with Crippen molar-refractivity contribution in [3.63, 3.8) is 0 Å². The SMILES string of the molecule is Cn1cc(-c2ccc(C(=O)O)cc2)n(Cc2ccc(C(F)(F)P(=O)(O)OCOC(=O)C(C)(C)C)c(Br)c2)c1=O. The topological polar surface area (TPSA) is 137 Å². The van der Waals surface area contributed by atoms with Crippen molar-refractivity contribution in [3.8, 4) is 11.3 Å². The van der Waals surface area contributed by atoms with Crippen molar-refractivity contribution in [3.05, 3.63) is 80.3 Å². The maximum absolute atomic E-state index is 15.0. The van der Waals surface area contributed by atoms with Gasteiger partial charge in [-0.3, -0.25) is 18.5 Å². The molecule has 0 amide bonds. The Morgan fingerprint density at radius 3 is 2.26 bits per heavy atom. The number of benzene rings is 2. The van der Waals surface area contributed by atoms with Gasteiger partial charge in [-0.2, -0.15) is 8.78 Å². The molecule has 14 heteroatoms. The van der Waals surface area contributed by atoms with Crippen LogP contribution in [0.25, 0.3) is 11.3 Å². The van der Waals surface area contributed by atoms with E-state index in [1.165, 1.54) is 61.2 Å². The predicted octanol–water partition coefficient (Wildman–Crippen LogP) is 5.16. The lowest BCUT2D eigenvalue weighted by Gasteiger charge is -2.24. The van der Waals surface area contributed by atoms with Crippen LogP contribution < -0.4 is 5.69 Å². The number of carboxylic acid groups (broad SMARTS) is 1. The lowest BCUT2D eigenvalue weighted by atomic mass is 9.98. The van der Waals surface area contributed by atoms with E-state index in [-0.39, 0.29) is 16.6 Å². The molecule has 0 saturated heterocycles. The summed E-state index contributed by atoms with van der Waals surface area (Å²) in [7, 11) is -4.11. The number of imidazole rings is 1. The summed E-state index contributed by atoms with van der Waals surface area (Å²) in [6.07, 6.45) is 1.56. The molecular formula is C25H26BrF2N2O8P. The molecule has 0 saturated carbocycles. The van der Waals surface area contributed by atoms with E-state index in [9.17, 15) is 23.8 Å². The van der Waals surface area contributed by atoms with Crippen LogP contribution in [-0.4, -0.2) is 37.9 Å². The van der Waals surface area contributed by atoms with E-state index in [2.05, 4.69) is 25.2 Å². The van der Waals surface area contributed by atoms with Crippen molar-refractivity contribution in [2.75, 3.05) is 6.79 Å². The molecule has 3 aromatic rings. The Labute approximate surface area is 230 Å². The number of aromatic nitrogens is 2. The van der Waals surface area contributed by atoms with Crippen molar-refractivity contribution in [2.24, 2.45) is 12.5 Å². The van der Waals surface area contributed by atoms with Gasteiger partial charge in [0.2, 0.25) is 6.79 Å². The summed E-state index contributed by atoms with van der Waals surface area (Å²) in [5, 5.41) is 9.12. The Morgan fingerprint density at radius 1 is 1.10 bits per heavy atom. The number of alkyl halides is 2. The van der Waals surface area contributed by atoms with Crippen LogP contribution in [0.1, 0.15) is 42.3 Å². The zero-order chi connectivity index (χ0) is 29.3. The molecular weight excluding hydrogens is 605 g/mol. The van der Waals surface area contributed by atoms with Crippen molar-refractivity contribution in [2.45, 2.75) is 33.0 Å². The monoisotopic (exact) mass is 630 g/mol. The van der Waals surface area contributed by atoms with Crippen molar-refractivity contribution in [1.29, 1.82) is 0 Å². The fraction of sp³-hybridized carbons (Fsp3) is 0.320. The fourth-order valence-corrected chi connectivity index (χ4v) is 5.14. The number of ether oxygens (including phenoxy) is 1. The molecule has 0 aliphatic heterocycles. The van der Waals surface area contributed by atoms with Crippen LogP contribution >= 0.6 is 23.5 Å². The van der Waals surface area contributed by atoms with Crippen LogP contribution in [0, 0.1) is 5.41 Å². The summed E-state index contributed by atoms with van der Waals surface area (Å²) in [5.41, 5.74) is -5.08. The van der Waals surface area contributed by atoms with E-state index in [4.69, 9.17) is 5.11 Å². The van der Waals surface area contributed by atoms with Gasteiger partial charge in [0.05, 0.1) is 23.2 Å². The van der Waals surface area contributed by atoms with E-state index < -0.39 is 48.7 Å². The van der Waals surface area contributed by atoms with Crippen LogP contribution in [0.5, 0.6) is 0 Å². The van der Waals surface area contributed by atoms with Crippen LogP contribution in [-0.2, 0) is 37.9 Å². The zero-order valence-corrected chi connectivity index (χ0v) is 23.8. The lowest BCUT2D eigenvalue weighted by Crippen LogP contribution is -2.25. The number of hydrogen-bond donors (Lipinski definition) is 2. The Kier molecular flexibility index (Phi) is 8.71. The second-order valence-corrected chi connectivity index (χ2v) is 12.4. The molecule has 2 N–H and O–H groups in total. The molecule has 210 valence electrons. The van der Waals surface area contributed by atoms with E-state index in [0.717, 1.165) is 6.07 Å². The number of nitrogens with zero attached hydrogens (tertiary/aromatic N) is 2. The minimum absolute atomic E-state index is 0.0455. The molecule has 2 aromatic carbocycles. The number of aryl methyl sites for hydroxylation is 1. The Bertz CT molecular complexity index is 1510. The highest BCUT2D eigenvalue weighted by atomic mass is 79.9. The van der Waals surface area contributed by atoms with Gasteiger partial charge in [0, 0.05) is 23.3 Å². The van der Waals surface area contributed by atoms with Gasteiger partial charge in [-0.15, -0.1) is 0 Å². The van der Waals surface area contributed by atoms with Crippen LogP contribution in [0.2, 0.25) is 0 Å². The van der Waals surface area contributed by atoms with Gasteiger partial charge in [0.15, 0.2) is 0 Å². The highest BCUT2D eigenvalue weighted by Gasteiger charge is 2.54. The number of aromatic carboxylic acids is 1. The summed E-state index contributed by atoms with van der Waals surface area (Å²) in [6, 6.07) is 9.36.